The maximum atomic E-state index is 6.74. The van der Waals surface area contributed by atoms with Gasteiger partial charge in [-0.25, -0.2) is 0 Å². The van der Waals surface area contributed by atoms with E-state index in [2.05, 4.69) is 105 Å². The lowest BCUT2D eigenvalue weighted by molar-refractivity contribution is 0.484. The van der Waals surface area contributed by atoms with Crippen LogP contribution in [0.2, 0.25) is 0 Å². The van der Waals surface area contributed by atoms with Gasteiger partial charge in [0.05, 0.1) is 0 Å². The summed E-state index contributed by atoms with van der Waals surface area (Å²) in [6, 6.07) is 38.9. The van der Waals surface area contributed by atoms with Gasteiger partial charge in [-0.2, -0.15) is 0 Å². The molecule has 0 atom stereocenters. The van der Waals surface area contributed by atoms with E-state index in [9.17, 15) is 0 Å². The number of fused-ring (bicyclic) bond motifs is 6. The van der Waals surface area contributed by atoms with Crippen molar-refractivity contribution in [3.63, 3.8) is 0 Å². The van der Waals surface area contributed by atoms with Gasteiger partial charge in [-0.05, 0) is 92.7 Å². The van der Waals surface area contributed by atoms with Gasteiger partial charge in [-0.3, -0.25) is 0 Å². The smallest absolute Gasteiger partial charge is 0.139 e. The summed E-state index contributed by atoms with van der Waals surface area (Å²) in [5, 5.41) is 7.39. The Morgan fingerprint density at radius 1 is 0.725 bits per heavy atom. The second-order valence-corrected chi connectivity index (χ2v) is 10.4. The Bertz CT molecular complexity index is 1860. The molecule has 0 N–H and O–H groups in total. The van der Waals surface area contributed by atoms with Gasteiger partial charge in [0.15, 0.2) is 0 Å². The molecule has 1 nitrogen and oxygen atoms in total. The van der Waals surface area contributed by atoms with Gasteiger partial charge in [-0.1, -0.05) is 123 Å². The molecule has 0 aliphatic rings. The van der Waals surface area contributed by atoms with Gasteiger partial charge in [0, 0.05) is 5.39 Å². The number of ether oxygens (including phenoxy) is 1. The van der Waals surface area contributed by atoms with E-state index in [-0.39, 0.29) is 0 Å². The molecular formula is C39H34O. The predicted octanol–water partition coefficient (Wildman–Crippen LogP) is 11.2. The molecule has 40 heavy (non-hydrogen) atoms. The minimum Gasteiger partial charge on any atom is -0.456 e. The van der Waals surface area contributed by atoms with Crippen LogP contribution in [0, 0.1) is 6.92 Å². The summed E-state index contributed by atoms with van der Waals surface area (Å²) in [7, 11) is 0. The molecular weight excluding hydrogens is 484 g/mol. The minimum absolute atomic E-state index is 0.830. The highest BCUT2D eigenvalue weighted by atomic mass is 16.5. The van der Waals surface area contributed by atoms with Crippen LogP contribution >= 0.6 is 0 Å². The molecule has 0 bridgehead atoms. The average molecular weight is 519 g/mol. The Hall–Kier alpha value is -4.62. The molecule has 6 rings (SSSR count). The summed E-state index contributed by atoms with van der Waals surface area (Å²) >= 11 is 0. The molecule has 0 amide bonds. The zero-order valence-electron chi connectivity index (χ0n) is 23.3. The third kappa shape index (κ3) is 4.80. The van der Waals surface area contributed by atoms with E-state index in [4.69, 9.17) is 4.74 Å². The van der Waals surface area contributed by atoms with Crippen LogP contribution in [0.4, 0.5) is 0 Å². The van der Waals surface area contributed by atoms with Crippen LogP contribution in [0.1, 0.15) is 42.0 Å². The number of hydrogen-bond acceptors (Lipinski definition) is 1. The van der Waals surface area contributed by atoms with Crippen molar-refractivity contribution in [2.24, 2.45) is 0 Å². The molecule has 0 fully saturated rings. The third-order valence-electron chi connectivity index (χ3n) is 7.86. The van der Waals surface area contributed by atoms with Crippen molar-refractivity contribution in [2.45, 2.75) is 33.1 Å². The molecule has 6 aromatic rings. The number of hydrogen-bond donors (Lipinski definition) is 0. The molecule has 0 aliphatic carbocycles. The standard InChI is InChI=1S/C39H34O/c1-4-6-14-29(5-2)30-23-21-28(22-24-30)25-31-26-37-35-19-11-10-17-33(35)34-18-12-13-20-36(34)38(37)39(27(31)3)40-32-15-8-7-9-16-32/h5,7-24,26H,2,4,6,25H2,1,3H3/b29-14+. The normalized spacial score (nSPS) is 11.8. The summed E-state index contributed by atoms with van der Waals surface area (Å²) in [5.74, 6) is 1.79. The van der Waals surface area contributed by atoms with E-state index in [1.54, 1.807) is 0 Å². The van der Waals surface area contributed by atoms with Gasteiger partial charge < -0.3 is 4.74 Å². The van der Waals surface area contributed by atoms with Gasteiger partial charge in [0.2, 0.25) is 0 Å². The second kappa shape index (κ2) is 11.2. The van der Waals surface area contributed by atoms with Crippen molar-refractivity contribution < 1.29 is 4.74 Å². The number of benzene rings is 6. The molecule has 0 unspecified atom stereocenters. The van der Waals surface area contributed by atoms with Crippen molar-refractivity contribution in [1.82, 2.24) is 0 Å². The molecule has 0 aliphatic heterocycles. The first-order valence-corrected chi connectivity index (χ1v) is 14.2. The predicted molar refractivity (Wildman–Crippen MR) is 173 cm³/mol. The first-order chi connectivity index (χ1) is 19.7. The maximum Gasteiger partial charge on any atom is 0.139 e. The van der Waals surface area contributed by atoms with Crippen molar-refractivity contribution in [3.8, 4) is 11.5 Å². The van der Waals surface area contributed by atoms with Gasteiger partial charge in [0.25, 0.3) is 0 Å². The van der Waals surface area contributed by atoms with E-state index in [0.29, 0.717) is 0 Å². The van der Waals surface area contributed by atoms with Crippen LogP contribution in [-0.4, -0.2) is 0 Å². The lowest BCUT2D eigenvalue weighted by atomic mass is 9.89. The van der Waals surface area contributed by atoms with Crippen LogP contribution in [0.3, 0.4) is 0 Å². The summed E-state index contributed by atoms with van der Waals surface area (Å²) in [6.45, 7) is 8.43. The third-order valence-corrected chi connectivity index (χ3v) is 7.86. The van der Waals surface area contributed by atoms with Gasteiger partial charge >= 0.3 is 0 Å². The Morgan fingerprint density at radius 2 is 1.32 bits per heavy atom. The minimum atomic E-state index is 0.830. The van der Waals surface area contributed by atoms with E-state index in [0.717, 1.165) is 30.8 Å². The largest absolute Gasteiger partial charge is 0.456 e. The Morgan fingerprint density at radius 3 is 1.98 bits per heavy atom. The van der Waals surface area contributed by atoms with Crippen LogP contribution < -0.4 is 4.74 Å². The summed E-state index contributed by atoms with van der Waals surface area (Å²) in [5.41, 5.74) is 6.15. The number of allylic oxidation sites excluding steroid dienone is 3. The summed E-state index contributed by atoms with van der Waals surface area (Å²) < 4.78 is 6.74. The fraction of sp³-hybridized carbons (Fsp3) is 0.128. The topological polar surface area (TPSA) is 9.23 Å². The van der Waals surface area contributed by atoms with Crippen molar-refractivity contribution in [1.29, 1.82) is 0 Å². The second-order valence-electron chi connectivity index (χ2n) is 10.4. The lowest BCUT2D eigenvalue weighted by Gasteiger charge is -2.20. The highest BCUT2D eigenvalue weighted by Gasteiger charge is 2.18. The number of para-hydroxylation sites is 1. The first-order valence-electron chi connectivity index (χ1n) is 14.2. The van der Waals surface area contributed by atoms with E-state index >= 15 is 0 Å². The lowest BCUT2D eigenvalue weighted by Crippen LogP contribution is -1.99. The molecule has 6 aromatic carbocycles. The van der Waals surface area contributed by atoms with Crippen molar-refractivity contribution in [2.75, 3.05) is 0 Å². The maximum absolute atomic E-state index is 6.74. The highest BCUT2D eigenvalue weighted by molar-refractivity contribution is 6.27. The quantitative estimate of drug-likeness (QED) is 0.144. The number of rotatable bonds is 8. The van der Waals surface area contributed by atoms with Crippen LogP contribution in [0.25, 0.3) is 37.9 Å². The molecule has 0 heterocycles. The molecule has 0 spiro atoms. The summed E-state index contributed by atoms with van der Waals surface area (Å²) in [4.78, 5) is 0. The molecule has 196 valence electrons. The van der Waals surface area contributed by atoms with E-state index in [1.807, 2.05) is 36.4 Å². The molecule has 1 heteroatoms. The first kappa shape index (κ1) is 25.6. The van der Waals surface area contributed by atoms with Crippen LogP contribution in [-0.2, 0) is 6.42 Å². The fourth-order valence-electron chi connectivity index (χ4n) is 5.75. The number of unbranched alkanes of at least 4 members (excludes halogenated alkanes) is 1. The summed E-state index contributed by atoms with van der Waals surface area (Å²) in [6.07, 6.45) is 7.26. The molecule has 0 aromatic heterocycles. The Balaban J connectivity index is 1.54. The van der Waals surface area contributed by atoms with Crippen molar-refractivity contribution in [3.05, 3.63) is 150 Å². The molecule has 0 radical (unpaired) electrons. The van der Waals surface area contributed by atoms with E-state index < -0.39 is 0 Å². The highest BCUT2D eigenvalue weighted by Crippen LogP contribution is 2.44. The fourth-order valence-corrected chi connectivity index (χ4v) is 5.75. The van der Waals surface area contributed by atoms with Gasteiger partial charge in [0.1, 0.15) is 11.5 Å². The van der Waals surface area contributed by atoms with Crippen LogP contribution in [0.5, 0.6) is 11.5 Å². The Kier molecular flexibility index (Phi) is 7.21. The van der Waals surface area contributed by atoms with Crippen LogP contribution in [0.15, 0.2) is 128 Å². The monoisotopic (exact) mass is 518 g/mol. The van der Waals surface area contributed by atoms with E-state index in [1.165, 1.54) is 60.1 Å². The zero-order valence-corrected chi connectivity index (χ0v) is 23.3. The average Bonchev–Trinajstić information content (AvgIpc) is 3.01. The molecule has 0 saturated heterocycles. The zero-order chi connectivity index (χ0) is 27.5. The van der Waals surface area contributed by atoms with Crippen molar-refractivity contribution >= 4 is 37.9 Å². The molecule has 0 saturated carbocycles. The SMILES string of the molecule is C=C/C(=C\CCC)c1ccc(Cc2cc3c4ccccc4c4ccccc4c3c(Oc3ccccc3)c2C)cc1. The Labute approximate surface area is 237 Å². The van der Waals surface area contributed by atoms with Gasteiger partial charge in [-0.15, -0.1) is 0 Å².